The summed E-state index contributed by atoms with van der Waals surface area (Å²) in [4.78, 5) is 47.5. The third kappa shape index (κ3) is 4.05. The lowest BCUT2D eigenvalue weighted by Gasteiger charge is -2.46. The van der Waals surface area contributed by atoms with Crippen LogP contribution >= 0.6 is 0 Å². The highest BCUT2D eigenvalue weighted by Gasteiger charge is 2.57. The summed E-state index contributed by atoms with van der Waals surface area (Å²) in [6, 6.07) is 1.87. The highest BCUT2D eigenvalue weighted by Crippen LogP contribution is 2.50. The molecule has 0 radical (unpaired) electrons. The van der Waals surface area contributed by atoms with Crippen molar-refractivity contribution in [3.63, 3.8) is 0 Å². The maximum absolute atomic E-state index is 13.7. The van der Waals surface area contributed by atoms with E-state index in [4.69, 9.17) is 5.73 Å². The first-order chi connectivity index (χ1) is 17.4. The zero-order valence-corrected chi connectivity index (χ0v) is 20.5. The maximum Gasteiger partial charge on any atom is 0.247 e. The van der Waals surface area contributed by atoms with Gasteiger partial charge in [-0.2, -0.15) is 0 Å². The number of aromatic nitrogens is 2. The molecule has 1 amide bonds. The number of carbonyl (C=O) groups is 3. The largest absolute Gasteiger partial charge is 0.510 e. The van der Waals surface area contributed by atoms with Gasteiger partial charge in [0.1, 0.15) is 17.3 Å². The molecule has 2 aliphatic carbocycles. The standard InChI is InChI=1S/C26H28N4O7/c1-12(25(27)36)22(33)21(30(2)3)16-9-13-8-15-14(17-10-28-6-7-29-17)4-5-18(32)20(15)23(34)19(13)24(35)26(16,37)11-31/h4-7,10-11,13,16,21,32-34,37H,8-9H2,1-3H3,(H2,27,36)/b22-12-/t13-,16-,21?,26-/m0/s1. The maximum atomic E-state index is 13.7. The van der Waals surface area contributed by atoms with E-state index in [0.717, 1.165) is 0 Å². The number of amides is 1. The molecule has 11 nitrogen and oxygen atoms in total. The molecule has 1 heterocycles. The molecule has 0 saturated heterocycles. The van der Waals surface area contributed by atoms with E-state index < -0.39 is 46.7 Å². The van der Waals surface area contributed by atoms with E-state index in [9.17, 15) is 34.8 Å². The Morgan fingerprint density at radius 1 is 1.27 bits per heavy atom. The molecule has 0 spiro atoms. The second-order valence-corrected chi connectivity index (χ2v) is 9.64. The van der Waals surface area contributed by atoms with Crippen molar-refractivity contribution in [2.45, 2.75) is 31.4 Å². The molecule has 1 fully saturated rings. The molecule has 4 rings (SSSR count). The molecule has 6 N–H and O–H groups in total. The quantitative estimate of drug-likeness (QED) is 0.163. The molecule has 1 unspecified atom stereocenters. The zero-order valence-electron chi connectivity index (χ0n) is 20.5. The summed E-state index contributed by atoms with van der Waals surface area (Å²) in [5.41, 5.74) is 3.97. The summed E-state index contributed by atoms with van der Waals surface area (Å²) in [5, 5.41) is 44.1. The molecular formula is C26H28N4O7. The number of fused-ring (bicyclic) bond motifs is 2. The van der Waals surface area contributed by atoms with E-state index in [1.807, 2.05) is 0 Å². The number of ketones is 1. The van der Waals surface area contributed by atoms with Gasteiger partial charge in [-0.3, -0.25) is 29.3 Å². The number of rotatable bonds is 6. The molecule has 37 heavy (non-hydrogen) atoms. The van der Waals surface area contributed by atoms with Crippen LogP contribution in [0.25, 0.3) is 17.0 Å². The van der Waals surface area contributed by atoms with Gasteiger partial charge in [0, 0.05) is 29.4 Å². The average Bonchev–Trinajstić information content (AvgIpc) is 2.86. The second-order valence-electron chi connectivity index (χ2n) is 9.64. The molecular weight excluding hydrogens is 480 g/mol. The first-order valence-electron chi connectivity index (χ1n) is 11.6. The summed E-state index contributed by atoms with van der Waals surface area (Å²) in [5.74, 6) is -5.09. The van der Waals surface area contributed by atoms with Crippen molar-refractivity contribution in [2.24, 2.45) is 17.6 Å². The van der Waals surface area contributed by atoms with E-state index in [1.165, 1.54) is 36.5 Å². The first kappa shape index (κ1) is 26.0. The Morgan fingerprint density at radius 2 is 1.97 bits per heavy atom. The van der Waals surface area contributed by atoms with Crippen molar-refractivity contribution in [1.82, 2.24) is 14.9 Å². The number of aliphatic hydroxyl groups is 3. The Hall–Kier alpha value is -4.09. The number of phenolic OH excluding ortho intramolecular Hbond substituents is 1. The second kappa shape index (κ2) is 9.41. The normalized spacial score (nSPS) is 24.7. The van der Waals surface area contributed by atoms with Gasteiger partial charge < -0.3 is 26.2 Å². The fraction of sp³-hybridized carbons (Fsp3) is 0.346. The summed E-state index contributed by atoms with van der Waals surface area (Å²) < 4.78 is 0. The minimum absolute atomic E-state index is 0.0194. The fourth-order valence-corrected chi connectivity index (χ4v) is 5.48. The molecule has 1 saturated carbocycles. The number of nitrogens with zero attached hydrogens (tertiary/aromatic N) is 3. The van der Waals surface area contributed by atoms with E-state index >= 15 is 0 Å². The minimum atomic E-state index is -2.63. The summed E-state index contributed by atoms with van der Waals surface area (Å²) in [7, 11) is 3.13. The SMILES string of the molecule is C/C(C(N)=O)=C(/O)C([C@@H]1C[C@@H]2Cc3c(-c4cnccn4)ccc(O)c3C(O)=C2C(=O)[C@]1(O)C=O)N(C)C. The number of carbonyl (C=O) groups excluding carboxylic acids is 3. The van der Waals surface area contributed by atoms with Crippen molar-refractivity contribution in [2.75, 3.05) is 14.1 Å². The van der Waals surface area contributed by atoms with Crippen LogP contribution in [0.5, 0.6) is 5.75 Å². The summed E-state index contributed by atoms with van der Waals surface area (Å²) in [6.07, 6.45) is 4.76. The molecule has 2 aromatic rings. The number of Topliss-reactive ketones (excluding diaryl/α,β-unsaturated/α-hetero) is 1. The van der Waals surface area contributed by atoms with Crippen LogP contribution < -0.4 is 5.73 Å². The van der Waals surface area contributed by atoms with Crippen LogP contribution in [0.1, 0.15) is 24.5 Å². The number of benzene rings is 1. The fourth-order valence-electron chi connectivity index (χ4n) is 5.48. The van der Waals surface area contributed by atoms with Crippen molar-refractivity contribution < 1.29 is 34.8 Å². The average molecular weight is 509 g/mol. The van der Waals surface area contributed by atoms with E-state index in [2.05, 4.69) is 9.97 Å². The van der Waals surface area contributed by atoms with Crippen LogP contribution in [0.2, 0.25) is 0 Å². The predicted octanol–water partition coefficient (Wildman–Crippen LogP) is 1.06. The number of phenols is 1. The van der Waals surface area contributed by atoms with E-state index in [1.54, 1.807) is 20.2 Å². The Kier molecular flexibility index (Phi) is 6.61. The number of hydrogen-bond acceptors (Lipinski definition) is 10. The lowest BCUT2D eigenvalue weighted by atomic mass is 9.61. The number of aliphatic hydroxyl groups excluding tert-OH is 2. The van der Waals surface area contributed by atoms with Gasteiger partial charge in [0.05, 0.1) is 29.1 Å². The van der Waals surface area contributed by atoms with E-state index in [-0.39, 0.29) is 41.6 Å². The zero-order chi connectivity index (χ0) is 27.2. The van der Waals surface area contributed by atoms with Gasteiger partial charge in [0.15, 0.2) is 11.9 Å². The first-order valence-corrected chi connectivity index (χ1v) is 11.6. The molecule has 2 aliphatic rings. The highest BCUT2D eigenvalue weighted by atomic mass is 16.3. The number of aldehydes is 1. The Balaban J connectivity index is 1.91. The summed E-state index contributed by atoms with van der Waals surface area (Å²) >= 11 is 0. The van der Waals surface area contributed by atoms with E-state index in [0.29, 0.717) is 16.8 Å². The van der Waals surface area contributed by atoms with Crippen LogP contribution in [0.15, 0.2) is 47.6 Å². The third-order valence-corrected chi connectivity index (χ3v) is 7.34. The van der Waals surface area contributed by atoms with Gasteiger partial charge in [0.25, 0.3) is 0 Å². The Labute approximate surface area is 212 Å². The third-order valence-electron chi connectivity index (χ3n) is 7.34. The number of likely N-dealkylation sites (N-methyl/N-ethyl adjacent to an activating group) is 1. The molecule has 4 atom stereocenters. The van der Waals surface area contributed by atoms with Gasteiger partial charge in [0.2, 0.25) is 11.7 Å². The Morgan fingerprint density at radius 3 is 2.54 bits per heavy atom. The van der Waals surface area contributed by atoms with Gasteiger partial charge >= 0.3 is 0 Å². The number of aromatic hydroxyl groups is 1. The highest BCUT2D eigenvalue weighted by molar-refractivity contribution is 6.16. The topological polar surface area (TPSA) is 187 Å². The van der Waals surface area contributed by atoms with Crippen LogP contribution in [-0.4, -0.2) is 79.0 Å². The van der Waals surface area contributed by atoms with Crippen molar-refractivity contribution >= 4 is 23.7 Å². The molecule has 1 aromatic carbocycles. The van der Waals surface area contributed by atoms with Crippen molar-refractivity contribution in [3.8, 4) is 17.0 Å². The minimum Gasteiger partial charge on any atom is -0.510 e. The monoisotopic (exact) mass is 508 g/mol. The Bertz CT molecular complexity index is 1350. The summed E-state index contributed by atoms with van der Waals surface area (Å²) in [6.45, 7) is 1.31. The number of hydrogen-bond donors (Lipinski definition) is 5. The van der Waals surface area contributed by atoms with Gasteiger partial charge in [-0.25, -0.2) is 0 Å². The molecule has 194 valence electrons. The van der Waals surface area contributed by atoms with Crippen molar-refractivity contribution in [1.29, 1.82) is 0 Å². The molecule has 1 aromatic heterocycles. The molecule has 0 bridgehead atoms. The molecule has 0 aliphatic heterocycles. The lowest BCUT2D eigenvalue weighted by Crippen LogP contribution is -2.60. The predicted molar refractivity (Wildman–Crippen MR) is 132 cm³/mol. The number of primary amides is 1. The van der Waals surface area contributed by atoms with Crippen LogP contribution in [0.4, 0.5) is 0 Å². The molecule has 11 heteroatoms. The lowest BCUT2D eigenvalue weighted by molar-refractivity contribution is -0.154. The van der Waals surface area contributed by atoms with Crippen molar-refractivity contribution in [3.05, 3.63) is 58.8 Å². The van der Waals surface area contributed by atoms with Crippen LogP contribution in [0, 0.1) is 11.8 Å². The smallest absolute Gasteiger partial charge is 0.247 e. The van der Waals surface area contributed by atoms with Gasteiger partial charge in [-0.1, -0.05) is 0 Å². The van der Waals surface area contributed by atoms with Crippen LogP contribution in [-0.2, 0) is 20.8 Å². The number of nitrogens with two attached hydrogens (primary N) is 1. The van der Waals surface area contributed by atoms with Gasteiger partial charge in [-0.05, 0) is 57.5 Å². The van der Waals surface area contributed by atoms with Gasteiger partial charge in [-0.15, -0.1) is 0 Å². The van der Waals surface area contributed by atoms with Crippen LogP contribution in [0.3, 0.4) is 0 Å².